The lowest BCUT2D eigenvalue weighted by Gasteiger charge is -2.26. The zero-order valence-electron chi connectivity index (χ0n) is 28.4. The Morgan fingerprint density at radius 1 is 0.288 bits per heavy atom. The molecule has 0 aliphatic rings. The Morgan fingerprint density at radius 2 is 0.769 bits per heavy atom. The summed E-state index contributed by atoms with van der Waals surface area (Å²) in [7, 11) is 0. The number of anilines is 3. The Morgan fingerprint density at radius 3 is 1.44 bits per heavy atom. The van der Waals surface area contributed by atoms with Crippen LogP contribution in [0.2, 0.25) is 0 Å². The molecule has 52 heavy (non-hydrogen) atoms. The summed E-state index contributed by atoms with van der Waals surface area (Å²) in [5.74, 6) is 0. The van der Waals surface area contributed by atoms with Crippen LogP contribution in [0.3, 0.4) is 0 Å². The molecule has 0 aliphatic heterocycles. The summed E-state index contributed by atoms with van der Waals surface area (Å²) < 4.78 is 2.67. The standard InChI is InChI=1S/C50H33NS/c1-2-8-34(9-3-1)36-18-25-43(26-19-36)51(44-27-20-37(21-28-44)41-16-14-35-10-4-5-11-40(35)32-41)45-29-22-38(23-30-45)42-17-15-39-24-31-49-50(47(39)33-42)46-12-6-7-13-48(46)52-49/h1-33H. The van der Waals surface area contributed by atoms with Gasteiger partial charge in [0, 0.05) is 37.2 Å². The molecule has 0 aliphatic carbocycles. The molecule has 0 bridgehead atoms. The fraction of sp³-hybridized carbons (Fsp3) is 0. The quantitative estimate of drug-likeness (QED) is 0.169. The predicted octanol–water partition coefficient (Wildman–Crippen LogP) is 14.8. The molecule has 0 fully saturated rings. The molecule has 0 atom stereocenters. The van der Waals surface area contributed by atoms with Crippen molar-refractivity contribution < 1.29 is 0 Å². The molecule has 0 saturated carbocycles. The minimum atomic E-state index is 1.11. The summed E-state index contributed by atoms with van der Waals surface area (Å²) in [4.78, 5) is 2.35. The van der Waals surface area contributed by atoms with E-state index >= 15 is 0 Å². The lowest BCUT2D eigenvalue weighted by molar-refractivity contribution is 1.28. The van der Waals surface area contributed by atoms with Crippen LogP contribution in [0.15, 0.2) is 200 Å². The highest BCUT2D eigenvalue weighted by Crippen LogP contribution is 2.41. The van der Waals surface area contributed by atoms with E-state index in [0.717, 1.165) is 17.1 Å². The van der Waals surface area contributed by atoms with E-state index in [2.05, 4.69) is 205 Å². The fourth-order valence-corrected chi connectivity index (χ4v) is 8.70. The summed E-state index contributed by atoms with van der Waals surface area (Å²) in [5.41, 5.74) is 10.6. The summed E-state index contributed by atoms with van der Waals surface area (Å²) in [6.45, 7) is 0. The number of fused-ring (bicyclic) bond motifs is 6. The molecule has 2 heteroatoms. The molecule has 10 rings (SSSR count). The minimum Gasteiger partial charge on any atom is -0.311 e. The molecule has 0 N–H and O–H groups in total. The van der Waals surface area contributed by atoms with Gasteiger partial charge in [0.15, 0.2) is 0 Å². The van der Waals surface area contributed by atoms with Gasteiger partial charge in [-0.05, 0) is 116 Å². The Hall–Kier alpha value is -6.48. The molecule has 1 aromatic heterocycles. The van der Waals surface area contributed by atoms with Crippen LogP contribution in [-0.4, -0.2) is 0 Å². The van der Waals surface area contributed by atoms with E-state index in [1.54, 1.807) is 0 Å². The van der Waals surface area contributed by atoms with E-state index in [0.29, 0.717) is 0 Å². The van der Waals surface area contributed by atoms with Crippen molar-refractivity contribution >= 4 is 70.1 Å². The van der Waals surface area contributed by atoms with Crippen molar-refractivity contribution in [2.75, 3.05) is 4.90 Å². The van der Waals surface area contributed by atoms with E-state index in [4.69, 9.17) is 0 Å². The Kier molecular flexibility index (Phi) is 7.41. The Balaban J connectivity index is 1.03. The molecule has 0 unspecified atom stereocenters. The van der Waals surface area contributed by atoms with Crippen molar-refractivity contribution in [3.8, 4) is 33.4 Å². The van der Waals surface area contributed by atoms with Crippen molar-refractivity contribution in [1.29, 1.82) is 0 Å². The van der Waals surface area contributed by atoms with Crippen LogP contribution >= 0.6 is 11.3 Å². The van der Waals surface area contributed by atoms with Crippen LogP contribution in [0, 0.1) is 0 Å². The lowest BCUT2D eigenvalue weighted by atomic mass is 9.98. The summed E-state index contributed by atoms with van der Waals surface area (Å²) in [6, 6.07) is 72.9. The number of hydrogen-bond donors (Lipinski definition) is 0. The first-order valence-corrected chi connectivity index (χ1v) is 18.6. The predicted molar refractivity (Wildman–Crippen MR) is 225 cm³/mol. The zero-order valence-corrected chi connectivity index (χ0v) is 29.2. The molecule has 0 spiro atoms. The molecule has 244 valence electrons. The van der Waals surface area contributed by atoms with Gasteiger partial charge in [0.2, 0.25) is 0 Å². The van der Waals surface area contributed by atoms with Crippen molar-refractivity contribution in [3.63, 3.8) is 0 Å². The summed E-state index contributed by atoms with van der Waals surface area (Å²) >= 11 is 1.87. The monoisotopic (exact) mass is 679 g/mol. The average molecular weight is 680 g/mol. The fourth-order valence-electron chi connectivity index (χ4n) is 7.58. The van der Waals surface area contributed by atoms with Gasteiger partial charge in [-0.3, -0.25) is 0 Å². The summed E-state index contributed by atoms with van der Waals surface area (Å²) in [5, 5.41) is 7.78. The van der Waals surface area contributed by atoms with E-state index in [-0.39, 0.29) is 0 Å². The van der Waals surface area contributed by atoms with Gasteiger partial charge < -0.3 is 4.90 Å². The lowest BCUT2D eigenvalue weighted by Crippen LogP contribution is -2.09. The van der Waals surface area contributed by atoms with Crippen molar-refractivity contribution in [3.05, 3.63) is 200 Å². The van der Waals surface area contributed by atoms with Crippen LogP contribution in [0.1, 0.15) is 0 Å². The second-order valence-electron chi connectivity index (χ2n) is 13.4. The van der Waals surface area contributed by atoms with Gasteiger partial charge in [-0.2, -0.15) is 0 Å². The van der Waals surface area contributed by atoms with Gasteiger partial charge in [0.1, 0.15) is 0 Å². The zero-order chi connectivity index (χ0) is 34.4. The third-order valence-corrected chi connectivity index (χ3v) is 11.4. The second kappa shape index (κ2) is 12.7. The van der Waals surface area contributed by atoms with Gasteiger partial charge in [-0.15, -0.1) is 11.3 Å². The third kappa shape index (κ3) is 5.42. The largest absolute Gasteiger partial charge is 0.311 e. The first kappa shape index (κ1) is 30.4. The summed E-state index contributed by atoms with van der Waals surface area (Å²) in [6.07, 6.45) is 0. The molecular formula is C50H33NS. The molecule has 0 amide bonds. The normalized spacial score (nSPS) is 11.5. The van der Waals surface area contributed by atoms with Gasteiger partial charge in [0.05, 0.1) is 0 Å². The highest BCUT2D eigenvalue weighted by molar-refractivity contribution is 7.26. The van der Waals surface area contributed by atoms with Crippen LogP contribution in [0.4, 0.5) is 17.1 Å². The van der Waals surface area contributed by atoms with Gasteiger partial charge in [-0.25, -0.2) is 0 Å². The Labute approximate surface area is 307 Å². The maximum atomic E-state index is 2.37. The van der Waals surface area contributed by atoms with Crippen LogP contribution in [0.5, 0.6) is 0 Å². The van der Waals surface area contributed by atoms with Crippen LogP contribution < -0.4 is 4.90 Å². The molecule has 0 radical (unpaired) electrons. The van der Waals surface area contributed by atoms with Crippen LogP contribution in [0.25, 0.3) is 75.1 Å². The van der Waals surface area contributed by atoms with E-state index in [9.17, 15) is 0 Å². The smallest absolute Gasteiger partial charge is 0.0462 e. The van der Waals surface area contributed by atoms with E-state index in [1.165, 1.54) is 75.1 Å². The second-order valence-corrected chi connectivity index (χ2v) is 14.5. The number of hydrogen-bond acceptors (Lipinski definition) is 2. The number of thiophene rings is 1. The molecule has 0 saturated heterocycles. The average Bonchev–Trinajstić information content (AvgIpc) is 3.61. The number of benzene rings is 9. The van der Waals surface area contributed by atoms with Gasteiger partial charge in [-0.1, -0.05) is 140 Å². The highest BCUT2D eigenvalue weighted by atomic mass is 32.1. The minimum absolute atomic E-state index is 1.11. The maximum Gasteiger partial charge on any atom is 0.0462 e. The van der Waals surface area contributed by atoms with Crippen LogP contribution in [-0.2, 0) is 0 Å². The number of rotatable bonds is 6. The topological polar surface area (TPSA) is 3.24 Å². The molecule has 10 aromatic rings. The molecule has 1 heterocycles. The molecule has 9 aromatic carbocycles. The van der Waals surface area contributed by atoms with Gasteiger partial charge >= 0.3 is 0 Å². The van der Waals surface area contributed by atoms with Crippen molar-refractivity contribution in [2.45, 2.75) is 0 Å². The van der Waals surface area contributed by atoms with Gasteiger partial charge in [0.25, 0.3) is 0 Å². The van der Waals surface area contributed by atoms with E-state index < -0.39 is 0 Å². The number of nitrogens with zero attached hydrogens (tertiary/aromatic N) is 1. The molecule has 1 nitrogen and oxygen atoms in total. The van der Waals surface area contributed by atoms with Crippen molar-refractivity contribution in [2.24, 2.45) is 0 Å². The third-order valence-electron chi connectivity index (χ3n) is 10.3. The maximum absolute atomic E-state index is 2.37. The highest BCUT2D eigenvalue weighted by Gasteiger charge is 2.15. The van der Waals surface area contributed by atoms with E-state index in [1.807, 2.05) is 11.3 Å². The first-order valence-electron chi connectivity index (χ1n) is 17.7. The SMILES string of the molecule is c1ccc(-c2ccc(N(c3ccc(-c4ccc5ccccc5c4)cc3)c3ccc(-c4ccc5ccc6sc7ccccc7c6c5c4)cc3)cc2)cc1. The van der Waals surface area contributed by atoms with Crippen molar-refractivity contribution in [1.82, 2.24) is 0 Å². The molecular weight excluding hydrogens is 647 g/mol. The Bertz CT molecular complexity index is 2870. The first-order chi connectivity index (χ1) is 25.7.